The molecule has 0 aliphatic carbocycles. The molecule has 0 bridgehead atoms. The zero-order valence-electron chi connectivity index (χ0n) is 10.7. The van der Waals surface area contributed by atoms with E-state index in [4.69, 9.17) is 5.26 Å². The Kier molecular flexibility index (Phi) is 5.31. The lowest BCUT2D eigenvalue weighted by Crippen LogP contribution is -2.29. The molecule has 0 aliphatic rings. The summed E-state index contributed by atoms with van der Waals surface area (Å²) in [5.41, 5.74) is 1.02. The van der Waals surface area contributed by atoms with Crippen LogP contribution >= 0.6 is 0 Å². The van der Waals surface area contributed by atoms with E-state index in [-0.39, 0.29) is 0 Å². The highest BCUT2D eigenvalue weighted by atomic mass is 19.1. The first-order chi connectivity index (χ1) is 8.58. The van der Waals surface area contributed by atoms with Gasteiger partial charge in [0, 0.05) is 24.3 Å². The molecule has 0 amide bonds. The van der Waals surface area contributed by atoms with Crippen molar-refractivity contribution in [3.63, 3.8) is 0 Å². The molecule has 0 saturated heterocycles. The normalized spacial score (nSPS) is 10.2. The van der Waals surface area contributed by atoms with Crippen molar-refractivity contribution in [3.05, 3.63) is 29.6 Å². The molecule has 1 aromatic rings. The second-order valence-electron chi connectivity index (χ2n) is 4.57. The van der Waals surface area contributed by atoms with Crippen LogP contribution in [0.5, 0.6) is 0 Å². The summed E-state index contributed by atoms with van der Waals surface area (Å²) in [5, 5.41) is 8.66. The van der Waals surface area contributed by atoms with Crippen LogP contribution < -0.4 is 4.90 Å². The maximum atomic E-state index is 13.1. The number of hydrogen-bond acceptors (Lipinski definition) is 3. The number of nitriles is 1. The molecular formula is C14H17FN2O. The average Bonchev–Trinajstić information content (AvgIpc) is 2.34. The Morgan fingerprint density at radius 2 is 2.22 bits per heavy atom. The van der Waals surface area contributed by atoms with E-state index in [0.717, 1.165) is 6.54 Å². The van der Waals surface area contributed by atoms with E-state index < -0.39 is 5.82 Å². The van der Waals surface area contributed by atoms with Gasteiger partial charge in [-0.05, 0) is 24.1 Å². The quantitative estimate of drug-likeness (QED) is 0.727. The predicted octanol–water partition coefficient (Wildman–Crippen LogP) is 3.01. The van der Waals surface area contributed by atoms with E-state index >= 15 is 0 Å². The van der Waals surface area contributed by atoms with Gasteiger partial charge in [0.25, 0.3) is 0 Å². The van der Waals surface area contributed by atoms with Crippen LogP contribution in [-0.2, 0) is 0 Å². The Hall–Kier alpha value is -1.89. The summed E-state index contributed by atoms with van der Waals surface area (Å²) >= 11 is 0. The van der Waals surface area contributed by atoms with Gasteiger partial charge in [0.1, 0.15) is 5.82 Å². The van der Waals surface area contributed by atoms with E-state index in [1.165, 1.54) is 12.1 Å². The lowest BCUT2D eigenvalue weighted by Gasteiger charge is -2.27. The Morgan fingerprint density at radius 1 is 1.50 bits per heavy atom. The van der Waals surface area contributed by atoms with Gasteiger partial charge in [-0.3, -0.25) is 4.79 Å². The van der Waals surface area contributed by atoms with Gasteiger partial charge in [-0.15, -0.1) is 0 Å². The molecule has 0 heterocycles. The van der Waals surface area contributed by atoms with Crippen molar-refractivity contribution < 1.29 is 9.18 Å². The molecule has 0 N–H and O–H groups in total. The van der Waals surface area contributed by atoms with Crippen molar-refractivity contribution in [2.75, 3.05) is 18.0 Å². The number of aldehydes is 1. The van der Waals surface area contributed by atoms with Crippen LogP contribution in [0.15, 0.2) is 18.2 Å². The molecule has 0 unspecified atom stereocenters. The second-order valence-corrected chi connectivity index (χ2v) is 4.57. The molecule has 96 valence electrons. The number of nitrogens with zero attached hydrogens (tertiary/aromatic N) is 2. The van der Waals surface area contributed by atoms with Gasteiger partial charge in [0.15, 0.2) is 6.29 Å². The van der Waals surface area contributed by atoms with Crippen LogP contribution in [0.2, 0.25) is 0 Å². The maximum absolute atomic E-state index is 13.1. The Labute approximate surface area is 107 Å². The summed E-state index contributed by atoms with van der Waals surface area (Å²) in [6.07, 6.45) is 1.03. The topological polar surface area (TPSA) is 44.1 Å². The first-order valence-corrected chi connectivity index (χ1v) is 5.95. The zero-order valence-corrected chi connectivity index (χ0v) is 10.7. The highest BCUT2D eigenvalue weighted by molar-refractivity contribution is 5.84. The number of carbonyl (C=O) groups excluding carboxylic acids is 1. The summed E-state index contributed by atoms with van der Waals surface area (Å²) in [7, 11) is 0. The van der Waals surface area contributed by atoms with Gasteiger partial charge in [-0.2, -0.15) is 5.26 Å². The Morgan fingerprint density at radius 3 is 2.78 bits per heavy atom. The average molecular weight is 248 g/mol. The third kappa shape index (κ3) is 3.85. The van der Waals surface area contributed by atoms with Crippen molar-refractivity contribution in [2.45, 2.75) is 20.3 Å². The van der Waals surface area contributed by atoms with Crippen molar-refractivity contribution in [2.24, 2.45) is 5.92 Å². The molecule has 1 aromatic carbocycles. The SMILES string of the molecule is CC(C)CN(CCC#N)c1ccc(F)cc1C=O. The van der Waals surface area contributed by atoms with E-state index in [1.54, 1.807) is 6.07 Å². The van der Waals surface area contributed by atoms with Crippen molar-refractivity contribution in [1.82, 2.24) is 0 Å². The van der Waals surface area contributed by atoms with Crippen LogP contribution in [0.4, 0.5) is 10.1 Å². The number of carbonyl (C=O) groups is 1. The maximum Gasteiger partial charge on any atom is 0.152 e. The molecule has 0 atom stereocenters. The van der Waals surface area contributed by atoms with Crippen molar-refractivity contribution in [3.8, 4) is 6.07 Å². The molecule has 3 nitrogen and oxygen atoms in total. The molecule has 0 radical (unpaired) electrons. The molecule has 18 heavy (non-hydrogen) atoms. The summed E-state index contributed by atoms with van der Waals surface area (Å²) < 4.78 is 13.1. The van der Waals surface area contributed by atoms with Crippen LogP contribution in [0.1, 0.15) is 30.6 Å². The highest BCUT2D eigenvalue weighted by Crippen LogP contribution is 2.21. The van der Waals surface area contributed by atoms with E-state index in [2.05, 4.69) is 19.9 Å². The number of anilines is 1. The zero-order chi connectivity index (χ0) is 13.5. The molecular weight excluding hydrogens is 231 g/mol. The van der Waals surface area contributed by atoms with E-state index in [9.17, 15) is 9.18 Å². The Bertz CT molecular complexity index is 452. The second kappa shape index (κ2) is 6.75. The van der Waals surface area contributed by atoms with Gasteiger partial charge in [-0.25, -0.2) is 4.39 Å². The minimum atomic E-state index is -0.425. The van der Waals surface area contributed by atoms with Crippen LogP contribution in [0.3, 0.4) is 0 Å². The minimum absolute atomic E-state index is 0.327. The predicted molar refractivity (Wildman–Crippen MR) is 69.1 cm³/mol. The fourth-order valence-electron chi connectivity index (χ4n) is 1.84. The van der Waals surface area contributed by atoms with Crippen molar-refractivity contribution >= 4 is 12.0 Å². The molecule has 0 fully saturated rings. The molecule has 0 aliphatic heterocycles. The number of hydrogen-bond donors (Lipinski definition) is 0. The van der Waals surface area contributed by atoms with Crippen LogP contribution in [0, 0.1) is 23.1 Å². The van der Waals surface area contributed by atoms with Gasteiger partial charge < -0.3 is 4.90 Å². The summed E-state index contributed by atoms with van der Waals surface area (Å²) in [6.45, 7) is 5.39. The fraction of sp³-hybridized carbons (Fsp3) is 0.429. The third-order valence-electron chi connectivity index (χ3n) is 2.54. The monoisotopic (exact) mass is 248 g/mol. The number of halogens is 1. The smallest absolute Gasteiger partial charge is 0.152 e. The van der Waals surface area contributed by atoms with E-state index in [1.807, 2.05) is 4.90 Å². The molecule has 0 saturated carbocycles. The number of benzene rings is 1. The van der Waals surface area contributed by atoms with Crippen LogP contribution in [-0.4, -0.2) is 19.4 Å². The third-order valence-corrected chi connectivity index (χ3v) is 2.54. The van der Waals surface area contributed by atoms with Gasteiger partial charge in [0.05, 0.1) is 12.5 Å². The highest BCUT2D eigenvalue weighted by Gasteiger charge is 2.13. The largest absolute Gasteiger partial charge is 0.370 e. The fourth-order valence-corrected chi connectivity index (χ4v) is 1.84. The summed E-state index contributed by atoms with van der Waals surface area (Å²) in [6, 6.07) is 6.24. The van der Waals surface area contributed by atoms with Gasteiger partial charge in [-0.1, -0.05) is 13.8 Å². The Balaban J connectivity index is 3.03. The van der Waals surface area contributed by atoms with Gasteiger partial charge >= 0.3 is 0 Å². The van der Waals surface area contributed by atoms with Gasteiger partial charge in [0.2, 0.25) is 0 Å². The minimum Gasteiger partial charge on any atom is -0.370 e. The first kappa shape index (κ1) is 14.2. The summed E-state index contributed by atoms with van der Waals surface area (Å²) in [4.78, 5) is 12.9. The standard InChI is InChI=1S/C14H17FN2O/c1-11(2)9-17(7-3-6-16)14-5-4-13(15)8-12(14)10-18/h4-5,8,10-11H,3,7,9H2,1-2H3. The molecule has 0 spiro atoms. The van der Waals surface area contributed by atoms with Crippen LogP contribution in [0.25, 0.3) is 0 Å². The number of rotatable bonds is 6. The van der Waals surface area contributed by atoms with Crippen molar-refractivity contribution in [1.29, 1.82) is 5.26 Å². The summed E-state index contributed by atoms with van der Waals surface area (Å²) in [5.74, 6) is -0.0288. The lowest BCUT2D eigenvalue weighted by atomic mass is 10.1. The molecule has 4 heteroatoms. The lowest BCUT2D eigenvalue weighted by molar-refractivity contribution is 0.112. The first-order valence-electron chi connectivity index (χ1n) is 5.95. The molecule has 0 aromatic heterocycles. The molecule has 1 rings (SSSR count). The van der Waals surface area contributed by atoms with E-state index in [0.29, 0.717) is 36.4 Å².